The predicted molar refractivity (Wildman–Crippen MR) is 58.1 cm³/mol. The normalized spacial score (nSPS) is 23.4. The highest BCUT2D eigenvalue weighted by Crippen LogP contribution is 2.36. The summed E-state index contributed by atoms with van der Waals surface area (Å²) in [5.41, 5.74) is 0.00241. The van der Waals surface area contributed by atoms with Crippen LogP contribution in [0.1, 0.15) is 65.2 Å². The van der Waals surface area contributed by atoms with E-state index in [1.54, 1.807) is 6.92 Å². The van der Waals surface area contributed by atoms with Gasteiger partial charge in [0.25, 0.3) is 0 Å². The minimum atomic E-state index is -0.607. The summed E-state index contributed by atoms with van der Waals surface area (Å²) in [6.45, 7) is 3.93. The number of hydrogen-bond donors (Lipinski definition) is 1. The lowest BCUT2D eigenvalue weighted by atomic mass is 9.81. The van der Waals surface area contributed by atoms with E-state index in [1.165, 1.54) is 32.1 Å². The van der Waals surface area contributed by atoms with Crippen molar-refractivity contribution in [1.29, 1.82) is 0 Å². The Bertz CT molecular complexity index is 148. The molecule has 1 rings (SSSR count). The third-order valence-electron chi connectivity index (χ3n) is 3.17. The Hall–Kier alpha value is -0.0800. The van der Waals surface area contributed by atoms with E-state index in [0.717, 1.165) is 19.3 Å². The van der Waals surface area contributed by atoms with Crippen molar-refractivity contribution in [2.45, 2.75) is 77.1 Å². The molecule has 1 unspecified atom stereocenters. The molecule has 0 aliphatic heterocycles. The summed E-state index contributed by atoms with van der Waals surface area (Å²) in [6.07, 6.45) is 9.07. The van der Waals surface area contributed by atoms with Crippen molar-refractivity contribution in [3.8, 4) is 0 Å². The van der Waals surface area contributed by atoms with Crippen LogP contribution < -0.4 is 0 Å². The maximum absolute atomic E-state index is 9.35. The summed E-state index contributed by atoms with van der Waals surface area (Å²) in [4.78, 5) is 0. The molecule has 0 bridgehead atoms. The summed E-state index contributed by atoms with van der Waals surface area (Å²) in [6, 6.07) is 0. The van der Waals surface area contributed by atoms with Crippen molar-refractivity contribution in [2.75, 3.05) is 0 Å². The summed E-state index contributed by atoms with van der Waals surface area (Å²) in [5.74, 6) is 0. The maximum Gasteiger partial charge on any atom is 0.152 e. The second-order valence-corrected chi connectivity index (χ2v) is 4.56. The first-order chi connectivity index (χ1) is 6.68. The largest absolute Gasteiger partial charge is 0.368 e. The number of unbranched alkanes of at least 4 members (excludes halogenated alkanes) is 1. The molecule has 0 aromatic heterocycles. The molecule has 1 atom stereocenters. The first kappa shape index (κ1) is 12.0. The summed E-state index contributed by atoms with van der Waals surface area (Å²) in [5, 5.41) is 9.35. The second-order valence-electron chi connectivity index (χ2n) is 4.56. The van der Waals surface area contributed by atoms with Crippen LogP contribution >= 0.6 is 0 Å². The third kappa shape index (κ3) is 3.58. The van der Waals surface area contributed by atoms with E-state index in [0.29, 0.717) is 0 Å². The highest BCUT2D eigenvalue weighted by Gasteiger charge is 2.33. The Morgan fingerprint density at radius 1 is 1.29 bits per heavy atom. The number of aliphatic hydroxyl groups is 1. The molecule has 2 nitrogen and oxygen atoms in total. The minimum Gasteiger partial charge on any atom is -0.368 e. The van der Waals surface area contributed by atoms with Crippen LogP contribution in [-0.2, 0) is 4.74 Å². The van der Waals surface area contributed by atoms with Gasteiger partial charge in [-0.1, -0.05) is 39.0 Å². The van der Waals surface area contributed by atoms with Crippen LogP contribution in [0, 0.1) is 0 Å². The van der Waals surface area contributed by atoms with Gasteiger partial charge in [0.2, 0.25) is 0 Å². The van der Waals surface area contributed by atoms with Crippen molar-refractivity contribution in [2.24, 2.45) is 0 Å². The molecule has 0 aromatic carbocycles. The zero-order valence-corrected chi connectivity index (χ0v) is 9.59. The average Bonchev–Trinajstić information content (AvgIpc) is 2.15. The zero-order chi connectivity index (χ0) is 10.4. The average molecular weight is 200 g/mol. The minimum absolute atomic E-state index is 0.00241. The quantitative estimate of drug-likeness (QED) is 0.690. The topological polar surface area (TPSA) is 29.5 Å². The fourth-order valence-electron chi connectivity index (χ4n) is 2.48. The molecule has 2 heteroatoms. The molecule has 0 radical (unpaired) electrons. The van der Waals surface area contributed by atoms with Gasteiger partial charge < -0.3 is 9.84 Å². The Labute approximate surface area is 87.7 Å². The highest BCUT2D eigenvalue weighted by molar-refractivity contribution is 4.84. The van der Waals surface area contributed by atoms with Crippen LogP contribution in [0.4, 0.5) is 0 Å². The van der Waals surface area contributed by atoms with E-state index in [1.807, 2.05) is 0 Å². The first-order valence-electron chi connectivity index (χ1n) is 6.04. The number of ether oxygens (including phenoxy) is 1. The van der Waals surface area contributed by atoms with E-state index in [-0.39, 0.29) is 5.60 Å². The van der Waals surface area contributed by atoms with Gasteiger partial charge >= 0.3 is 0 Å². The Kier molecular flexibility index (Phi) is 4.90. The van der Waals surface area contributed by atoms with Crippen LogP contribution in [0.15, 0.2) is 0 Å². The van der Waals surface area contributed by atoms with Crippen molar-refractivity contribution in [1.82, 2.24) is 0 Å². The highest BCUT2D eigenvalue weighted by atomic mass is 16.6. The molecule has 14 heavy (non-hydrogen) atoms. The van der Waals surface area contributed by atoms with Crippen molar-refractivity contribution < 1.29 is 9.84 Å². The molecule has 84 valence electrons. The predicted octanol–water partition coefficient (Wildman–Crippen LogP) is 3.23. The smallest absolute Gasteiger partial charge is 0.152 e. The lowest BCUT2D eigenvalue weighted by Gasteiger charge is -2.38. The van der Waals surface area contributed by atoms with Gasteiger partial charge in [-0.3, -0.25) is 0 Å². The van der Waals surface area contributed by atoms with Gasteiger partial charge in [0, 0.05) is 0 Å². The van der Waals surface area contributed by atoms with Crippen molar-refractivity contribution in [3.05, 3.63) is 0 Å². The molecule has 1 aliphatic rings. The summed E-state index contributed by atoms with van der Waals surface area (Å²) >= 11 is 0. The van der Waals surface area contributed by atoms with Crippen LogP contribution in [0.3, 0.4) is 0 Å². The van der Waals surface area contributed by atoms with E-state index < -0.39 is 6.29 Å². The molecule has 1 aliphatic carbocycles. The zero-order valence-electron chi connectivity index (χ0n) is 9.59. The van der Waals surface area contributed by atoms with Gasteiger partial charge in [0.1, 0.15) is 0 Å². The fraction of sp³-hybridized carbons (Fsp3) is 1.00. The molecule has 1 N–H and O–H groups in total. The van der Waals surface area contributed by atoms with Gasteiger partial charge in [-0.2, -0.15) is 0 Å². The lowest BCUT2D eigenvalue weighted by Crippen LogP contribution is -2.38. The van der Waals surface area contributed by atoms with E-state index in [4.69, 9.17) is 4.74 Å². The number of rotatable bonds is 5. The molecular weight excluding hydrogens is 176 g/mol. The molecule has 0 aromatic rings. The molecular formula is C12H24O2. The molecule has 0 heterocycles. The van der Waals surface area contributed by atoms with Gasteiger partial charge in [0.15, 0.2) is 6.29 Å². The first-order valence-corrected chi connectivity index (χ1v) is 6.04. The Morgan fingerprint density at radius 2 is 1.93 bits per heavy atom. The summed E-state index contributed by atoms with van der Waals surface area (Å²) < 4.78 is 5.74. The van der Waals surface area contributed by atoms with Gasteiger partial charge in [-0.25, -0.2) is 0 Å². The van der Waals surface area contributed by atoms with Crippen LogP contribution in [-0.4, -0.2) is 17.0 Å². The van der Waals surface area contributed by atoms with Gasteiger partial charge in [-0.05, 0) is 26.2 Å². The standard InChI is InChI=1S/C12H24O2/c1-3-4-8-12(14-11(2)13)9-6-5-7-10-12/h11,13H,3-10H2,1-2H3. The van der Waals surface area contributed by atoms with Crippen LogP contribution in [0.2, 0.25) is 0 Å². The Balaban J connectivity index is 2.47. The second kappa shape index (κ2) is 5.72. The third-order valence-corrected chi connectivity index (χ3v) is 3.17. The van der Waals surface area contributed by atoms with E-state index >= 15 is 0 Å². The van der Waals surface area contributed by atoms with Crippen LogP contribution in [0.5, 0.6) is 0 Å². The van der Waals surface area contributed by atoms with Crippen LogP contribution in [0.25, 0.3) is 0 Å². The monoisotopic (exact) mass is 200 g/mol. The van der Waals surface area contributed by atoms with Crippen molar-refractivity contribution >= 4 is 0 Å². The van der Waals surface area contributed by atoms with Crippen molar-refractivity contribution in [3.63, 3.8) is 0 Å². The van der Waals surface area contributed by atoms with Gasteiger partial charge in [-0.15, -0.1) is 0 Å². The molecule has 1 fully saturated rings. The molecule has 1 saturated carbocycles. The van der Waals surface area contributed by atoms with E-state index in [9.17, 15) is 5.11 Å². The number of aliphatic hydroxyl groups excluding tert-OH is 1. The molecule has 0 saturated heterocycles. The summed E-state index contributed by atoms with van der Waals surface area (Å²) in [7, 11) is 0. The number of hydrogen-bond acceptors (Lipinski definition) is 2. The Morgan fingerprint density at radius 3 is 2.43 bits per heavy atom. The fourth-order valence-corrected chi connectivity index (χ4v) is 2.48. The molecule has 0 amide bonds. The SMILES string of the molecule is CCCCC1(OC(C)O)CCCCC1. The molecule has 0 spiro atoms. The lowest BCUT2D eigenvalue weighted by molar-refractivity contribution is -0.191. The maximum atomic E-state index is 9.35. The van der Waals surface area contributed by atoms with E-state index in [2.05, 4.69) is 6.92 Å². The van der Waals surface area contributed by atoms with Gasteiger partial charge in [0.05, 0.1) is 5.60 Å².